The first-order valence-electron chi connectivity index (χ1n) is 7.92. The fourth-order valence-electron chi connectivity index (χ4n) is 2.37. The average molecular weight is 358 g/mol. The van der Waals surface area contributed by atoms with Crippen LogP contribution in [0.2, 0.25) is 0 Å². The number of ether oxygens (including phenoxy) is 2. The van der Waals surface area contributed by atoms with Crippen molar-refractivity contribution >= 4 is 27.3 Å². The van der Waals surface area contributed by atoms with Crippen molar-refractivity contribution in [2.75, 3.05) is 20.0 Å². The fraction of sp³-hybridized carbons (Fsp3) is 0.250. The molecule has 5 heteroatoms. The van der Waals surface area contributed by atoms with Crippen molar-refractivity contribution in [1.82, 2.24) is 0 Å². The van der Waals surface area contributed by atoms with E-state index in [4.69, 9.17) is 9.47 Å². The third kappa shape index (κ3) is 5.03. The molecule has 0 aliphatic carbocycles. The van der Waals surface area contributed by atoms with E-state index in [9.17, 15) is 9.59 Å². The van der Waals surface area contributed by atoms with Gasteiger partial charge < -0.3 is 9.47 Å². The molecule has 0 saturated carbocycles. The number of carbonyl (C=O) groups is 2. The van der Waals surface area contributed by atoms with Gasteiger partial charge in [-0.15, -0.1) is 10.5 Å². The minimum absolute atomic E-state index is 0.0586. The lowest BCUT2D eigenvalue weighted by Crippen LogP contribution is -2.27. The lowest BCUT2D eigenvalue weighted by Gasteiger charge is -2.15. The SMILES string of the molecule is COC(=O)C(C(=O)OC)=S(CCc1ccc(C)cc1)c1ccccc1. The van der Waals surface area contributed by atoms with Gasteiger partial charge in [-0.2, -0.15) is 0 Å². The molecule has 0 spiro atoms. The molecule has 0 N–H and O–H groups in total. The molecule has 0 amide bonds. The molecule has 0 bridgehead atoms. The Morgan fingerprint density at radius 2 is 1.44 bits per heavy atom. The molecule has 2 aromatic carbocycles. The molecule has 25 heavy (non-hydrogen) atoms. The predicted molar refractivity (Wildman–Crippen MR) is 101 cm³/mol. The lowest BCUT2D eigenvalue weighted by molar-refractivity contribution is -0.137. The summed E-state index contributed by atoms with van der Waals surface area (Å²) in [7, 11) is 1.83. The predicted octanol–water partition coefficient (Wildman–Crippen LogP) is 3.38. The first-order valence-corrected chi connectivity index (χ1v) is 9.31. The van der Waals surface area contributed by atoms with Crippen molar-refractivity contribution < 1.29 is 19.1 Å². The van der Waals surface area contributed by atoms with Crippen molar-refractivity contribution in [2.24, 2.45) is 0 Å². The highest BCUT2D eigenvalue weighted by atomic mass is 32.2. The second-order valence-electron chi connectivity index (χ2n) is 5.46. The number of aryl methyl sites for hydroxylation is 2. The number of esters is 2. The van der Waals surface area contributed by atoms with Crippen molar-refractivity contribution in [1.29, 1.82) is 0 Å². The highest BCUT2D eigenvalue weighted by molar-refractivity contribution is 8.18. The van der Waals surface area contributed by atoms with Crippen LogP contribution < -0.4 is 0 Å². The zero-order chi connectivity index (χ0) is 18.2. The van der Waals surface area contributed by atoms with Crippen LogP contribution in [0.15, 0.2) is 59.5 Å². The van der Waals surface area contributed by atoms with Crippen LogP contribution >= 0.6 is 10.5 Å². The Morgan fingerprint density at radius 3 is 1.96 bits per heavy atom. The molecule has 4 nitrogen and oxygen atoms in total. The minimum atomic E-state index is -0.724. The van der Waals surface area contributed by atoms with Gasteiger partial charge in [0, 0.05) is 4.90 Å². The molecule has 2 aromatic rings. The van der Waals surface area contributed by atoms with Gasteiger partial charge in [-0.05, 0) is 36.8 Å². The Balaban J connectivity index is 2.44. The largest absolute Gasteiger partial charge is 0.465 e. The Bertz CT molecular complexity index is 746. The normalized spacial score (nSPS) is 11.5. The number of rotatable bonds is 6. The van der Waals surface area contributed by atoms with E-state index in [1.165, 1.54) is 19.8 Å². The van der Waals surface area contributed by atoms with Gasteiger partial charge in [-0.25, -0.2) is 9.59 Å². The van der Waals surface area contributed by atoms with Gasteiger partial charge in [0.05, 0.1) is 14.2 Å². The molecule has 1 unspecified atom stereocenters. The summed E-state index contributed by atoms with van der Waals surface area (Å²) in [5, 5.41) is 0. The van der Waals surface area contributed by atoms with E-state index >= 15 is 0 Å². The summed E-state index contributed by atoms with van der Waals surface area (Å²) < 4.78 is 9.67. The van der Waals surface area contributed by atoms with Crippen molar-refractivity contribution in [3.63, 3.8) is 0 Å². The van der Waals surface area contributed by atoms with Crippen molar-refractivity contribution in [3.8, 4) is 0 Å². The van der Waals surface area contributed by atoms with Gasteiger partial charge in [0.1, 0.15) is 0 Å². The molecule has 2 rings (SSSR count). The van der Waals surface area contributed by atoms with Crippen LogP contribution in [-0.2, 0) is 25.5 Å². The number of benzene rings is 2. The van der Waals surface area contributed by atoms with E-state index < -0.39 is 22.4 Å². The van der Waals surface area contributed by atoms with Crippen LogP contribution in [0, 0.1) is 6.92 Å². The highest BCUT2D eigenvalue weighted by Gasteiger charge is 2.25. The Labute approximate surface area is 150 Å². The zero-order valence-electron chi connectivity index (χ0n) is 14.7. The number of carbonyl (C=O) groups excluding carboxylic acids is 2. The molecule has 0 aliphatic rings. The van der Waals surface area contributed by atoms with Gasteiger partial charge >= 0.3 is 11.9 Å². The molecular formula is C20H22O4S. The highest BCUT2D eigenvalue weighted by Crippen LogP contribution is 2.30. The van der Waals surface area contributed by atoms with Gasteiger partial charge in [0.2, 0.25) is 0 Å². The molecule has 1 atom stereocenters. The van der Waals surface area contributed by atoms with Crippen LogP contribution in [0.5, 0.6) is 0 Å². The minimum Gasteiger partial charge on any atom is -0.465 e. The van der Waals surface area contributed by atoms with Gasteiger partial charge in [-0.1, -0.05) is 48.0 Å². The maximum absolute atomic E-state index is 12.2. The van der Waals surface area contributed by atoms with E-state index in [-0.39, 0.29) is 4.86 Å². The maximum atomic E-state index is 12.2. The summed E-state index contributed by atoms with van der Waals surface area (Å²) in [6.45, 7) is 2.04. The quantitative estimate of drug-likeness (QED) is 0.451. The molecular weight excluding hydrogens is 336 g/mol. The van der Waals surface area contributed by atoms with Crippen LogP contribution in [-0.4, -0.2) is 36.8 Å². The van der Waals surface area contributed by atoms with Crippen molar-refractivity contribution in [2.45, 2.75) is 18.2 Å². The first-order chi connectivity index (χ1) is 12.1. The molecule has 0 aliphatic heterocycles. The molecule has 132 valence electrons. The standard InChI is InChI=1S/C20H22O4S/c1-15-9-11-16(12-10-15)13-14-25(17-7-5-4-6-8-17)18(19(21)23-2)20(22)24-3/h4-12H,13-14H2,1-3H3. The molecule has 0 fully saturated rings. The van der Waals surface area contributed by atoms with E-state index in [0.29, 0.717) is 5.75 Å². The monoisotopic (exact) mass is 358 g/mol. The van der Waals surface area contributed by atoms with Crippen LogP contribution in [0.25, 0.3) is 0 Å². The first kappa shape index (κ1) is 18.9. The summed E-state index contributed by atoms with van der Waals surface area (Å²) in [4.78, 5) is 25.4. The van der Waals surface area contributed by atoms with Crippen LogP contribution in [0.1, 0.15) is 11.1 Å². The van der Waals surface area contributed by atoms with E-state index in [1.54, 1.807) is 0 Å². The van der Waals surface area contributed by atoms with Gasteiger partial charge in [0.25, 0.3) is 0 Å². The molecule has 0 aromatic heterocycles. The fourth-order valence-corrected chi connectivity index (χ4v) is 4.54. The van der Waals surface area contributed by atoms with E-state index in [0.717, 1.165) is 16.9 Å². The summed E-state index contributed by atoms with van der Waals surface area (Å²) in [6, 6.07) is 17.8. The average Bonchev–Trinajstić information content (AvgIpc) is 2.66. The Kier molecular flexibility index (Phi) is 6.95. The van der Waals surface area contributed by atoms with Gasteiger partial charge in [0.15, 0.2) is 4.86 Å². The summed E-state index contributed by atoms with van der Waals surface area (Å²) in [5.41, 5.74) is 2.36. The lowest BCUT2D eigenvalue weighted by atomic mass is 10.1. The Hall–Kier alpha value is -2.40. The number of hydrogen-bond donors (Lipinski definition) is 0. The molecule has 0 saturated heterocycles. The molecule has 0 radical (unpaired) electrons. The zero-order valence-corrected chi connectivity index (χ0v) is 15.5. The van der Waals surface area contributed by atoms with Crippen LogP contribution in [0.4, 0.5) is 0 Å². The van der Waals surface area contributed by atoms with Crippen molar-refractivity contribution in [3.05, 3.63) is 65.7 Å². The number of hydrogen-bond acceptors (Lipinski definition) is 4. The van der Waals surface area contributed by atoms with E-state index in [1.807, 2.05) is 37.3 Å². The summed E-state index contributed by atoms with van der Waals surface area (Å²) in [5.74, 6) is -0.641. The second-order valence-corrected chi connectivity index (χ2v) is 7.53. The van der Waals surface area contributed by atoms with Crippen LogP contribution in [0.3, 0.4) is 0 Å². The third-order valence-electron chi connectivity index (χ3n) is 3.73. The third-order valence-corrected chi connectivity index (χ3v) is 6.01. The molecule has 0 heterocycles. The maximum Gasteiger partial charge on any atom is 0.351 e. The second kappa shape index (κ2) is 9.18. The summed E-state index contributed by atoms with van der Waals surface area (Å²) in [6.07, 6.45) is 0.746. The van der Waals surface area contributed by atoms with E-state index in [2.05, 4.69) is 24.3 Å². The summed E-state index contributed by atoms with van der Waals surface area (Å²) >= 11 is 0. The smallest absolute Gasteiger partial charge is 0.351 e. The number of methoxy groups -OCH3 is 2. The van der Waals surface area contributed by atoms with Gasteiger partial charge in [-0.3, -0.25) is 0 Å². The topological polar surface area (TPSA) is 52.6 Å². The Morgan fingerprint density at radius 1 is 0.880 bits per heavy atom.